The Morgan fingerprint density at radius 1 is 1.39 bits per heavy atom. The predicted molar refractivity (Wildman–Crippen MR) is 69.2 cm³/mol. The van der Waals surface area contributed by atoms with Gasteiger partial charge in [-0.1, -0.05) is 18.5 Å². The van der Waals surface area contributed by atoms with Crippen LogP contribution in [0.5, 0.6) is 0 Å². The third-order valence-electron chi connectivity index (χ3n) is 1.94. The highest BCUT2D eigenvalue weighted by molar-refractivity contribution is 7.90. The van der Waals surface area contributed by atoms with Crippen molar-refractivity contribution in [1.29, 1.82) is 0 Å². The van der Waals surface area contributed by atoms with Crippen LogP contribution in [0.15, 0.2) is 18.2 Å². The normalized spacial score (nSPS) is 11.2. The van der Waals surface area contributed by atoms with Crippen LogP contribution in [0.3, 0.4) is 0 Å². The lowest BCUT2D eigenvalue weighted by Crippen LogP contribution is -2.30. The molecule has 0 amide bonds. The summed E-state index contributed by atoms with van der Waals surface area (Å²) in [4.78, 5) is 10.8. The number of halogens is 1. The quantitative estimate of drug-likeness (QED) is 0.743. The van der Waals surface area contributed by atoms with Gasteiger partial charge in [-0.25, -0.2) is 4.79 Å². The van der Waals surface area contributed by atoms with Crippen LogP contribution in [0.25, 0.3) is 0 Å². The van der Waals surface area contributed by atoms with E-state index in [9.17, 15) is 13.2 Å². The summed E-state index contributed by atoms with van der Waals surface area (Å²) in [5.41, 5.74) is 0.0131. The van der Waals surface area contributed by atoms with Crippen molar-refractivity contribution >= 4 is 33.5 Å². The lowest BCUT2D eigenvalue weighted by molar-refractivity contribution is 0.0697. The standard InChI is InChI=1S/C10H13ClN2O4S/c1-2-3-12-18(16,17)13-9-5-7(10(14)15)4-8(11)6-9/h4-6,12-13H,2-3H2,1H3,(H,14,15). The van der Waals surface area contributed by atoms with E-state index in [1.807, 2.05) is 6.92 Å². The molecule has 1 rings (SSSR count). The number of carboxylic acids is 1. The van der Waals surface area contributed by atoms with Crippen molar-refractivity contribution < 1.29 is 18.3 Å². The van der Waals surface area contributed by atoms with Gasteiger partial charge in [-0.15, -0.1) is 0 Å². The van der Waals surface area contributed by atoms with Crippen LogP contribution >= 0.6 is 11.6 Å². The molecule has 1 aromatic rings. The highest BCUT2D eigenvalue weighted by Gasteiger charge is 2.11. The van der Waals surface area contributed by atoms with Gasteiger partial charge in [0.2, 0.25) is 0 Å². The van der Waals surface area contributed by atoms with Gasteiger partial charge < -0.3 is 5.11 Å². The average Bonchev–Trinajstić information content (AvgIpc) is 2.25. The number of anilines is 1. The number of benzene rings is 1. The molecule has 0 saturated carbocycles. The van der Waals surface area contributed by atoms with Gasteiger partial charge in [0.1, 0.15) is 0 Å². The van der Waals surface area contributed by atoms with Crippen LogP contribution in [0.4, 0.5) is 5.69 Å². The Morgan fingerprint density at radius 2 is 2.06 bits per heavy atom. The number of nitrogens with one attached hydrogen (secondary N) is 2. The molecule has 0 aromatic heterocycles. The minimum atomic E-state index is -3.71. The van der Waals surface area contributed by atoms with Crippen molar-refractivity contribution in [3.63, 3.8) is 0 Å². The van der Waals surface area contributed by atoms with Gasteiger partial charge in [0.25, 0.3) is 10.2 Å². The van der Waals surface area contributed by atoms with E-state index in [0.29, 0.717) is 13.0 Å². The fraction of sp³-hybridized carbons (Fsp3) is 0.300. The molecule has 0 aliphatic heterocycles. The number of carbonyl (C=O) groups is 1. The van der Waals surface area contributed by atoms with Crippen molar-refractivity contribution in [1.82, 2.24) is 4.72 Å². The van der Waals surface area contributed by atoms with Gasteiger partial charge in [-0.05, 0) is 24.6 Å². The number of aromatic carboxylic acids is 1. The molecule has 0 heterocycles. The van der Waals surface area contributed by atoms with E-state index in [1.165, 1.54) is 18.2 Å². The molecule has 0 bridgehead atoms. The third-order valence-corrected chi connectivity index (χ3v) is 3.25. The lowest BCUT2D eigenvalue weighted by Gasteiger charge is -2.09. The molecular formula is C10H13ClN2O4S. The predicted octanol–water partition coefficient (Wildman–Crippen LogP) is 1.69. The molecule has 3 N–H and O–H groups in total. The SMILES string of the molecule is CCCNS(=O)(=O)Nc1cc(Cl)cc(C(=O)O)c1. The largest absolute Gasteiger partial charge is 0.478 e. The second kappa shape index (κ2) is 6.03. The van der Waals surface area contributed by atoms with Crippen molar-refractivity contribution in [2.75, 3.05) is 11.3 Å². The fourth-order valence-electron chi connectivity index (χ4n) is 1.20. The Labute approximate surface area is 110 Å². The van der Waals surface area contributed by atoms with Crippen molar-refractivity contribution in [2.24, 2.45) is 0 Å². The van der Waals surface area contributed by atoms with E-state index in [1.54, 1.807) is 0 Å². The highest BCUT2D eigenvalue weighted by Crippen LogP contribution is 2.19. The van der Waals surface area contributed by atoms with Gasteiger partial charge in [0, 0.05) is 11.6 Å². The van der Waals surface area contributed by atoms with Crippen molar-refractivity contribution in [3.05, 3.63) is 28.8 Å². The van der Waals surface area contributed by atoms with Crippen LogP contribution in [-0.2, 0) is 10.2 Å². The lowest BCUT2D eigenvalue weighted by atomic mass is 10.2. The van der Waals surface area contributed by atoms with Crippen LogP contribution < -0.4 is 9.44 Å². The van der Waals surface area contributed by atoms with Crippen LogP contribution in [0.1, 0.15) is 23.7 Å². The molecule has 0 spiro atoms. The maximum atomic E-state index is 11.5. The summed E-state index contributed by atoms with van der Waals surface area (Å²) in [6, 6.07) is 3.76. The maximum Gasteiger partial charge on any atom is 0.335 e. The Bertz CT molecular complexity index is 545. The molecule has 0 radical (unpaired) electrons. The first-order valence-corrected chi connectivity index (χ1v) is 7.01. The molecule has 8 heteroatoms. The van der Waals surface area contributed by atoms with Crippen molar-refractivity contribution in [3.8, 4) is 0 Å². The molecule has 0 saturated heterocycles. The van der Waals surface area contributed by atoms with Gasteiger partial charge in [-0.2, -0.15) is 13.1 Å². The van der Waals surface area contributed by atoms with Crippen LogP contribution in [-0.4, -0.2) is 26.0 Å². The van der Waals surface area contributed by atoms with Crippen LogP contribution in [0.2, 0.25) is 5.02 Å². The zero-order valence-electron chi connectivity index (χ0n) is 9.60. The van der Waals surface area contributed by atoms with Gasteiger partial charge in [-0.3, -0.25) is 4.72 Å². The first-order chi connectivity index (χ1) is 8.34. The van der Waals surface area contributed by atoms with E-state index in [0.717, 1.165) is 0 Å². The van der Waals surface area contributed by atoms with E-state index in [4.69, 9.17) is 16.7 Å². The van der Waals surface area contributed by atoms with E-state index in [2.05, 4.69) is 9.44 Å². The van der Waals surface area contributed by atoms with E-state index in [-0.39, 0.29) is 16.3 Å². The summed E-state index contributed by atoms with van der Waals surface area (Å²) in [7, 11) is -3.71. The van der Waals surface area contributed by atoms with Gasteiger partial charge in [0.15, 0.2) is 0 Å². The minimum Gasteiger partial charge on any atom is -0.478 e. The number of hydrogen-bond donors (Lipinski definition) is 3. The zero-order valence-corrected chi connectivity index (χ0v) is 11.2. The van der Waals surface area contributed by atoms with Gasteiger partial charge >= 0.3 is 5.97 Å². The van der Waals surface area contributed by atoms with E-state index < -0.39 is 16.2 Å². The molecule has 0 aliphatic rings. The molecule has 18 heavy (non-hydrogen) atoms. The summed E-state index contributed by atoms with van der Waals surface area (Å²) in [5, 5.41) is 8.96. The fourth-order valence-corrected chi connectivity index (χ4v) is 2.41. The minimum absolute atomic E-state index is 0.0873. The smallest absolute Gasteiger partial charge is 0.335 e. The topological polar surface area (TPSA) is 95.5 Å². The first-order valence-electron chi connectivity index (χ1n) is 5.15. The zero-order chi connectivity index (χ0) is 13.8. The number of carboxylic acid groups (broad SMARTS) is 1. The molecule has 6 nitrogen and oxygen atoms in total. The second-order valence-electron chi connectivity index (χ2n) is 3.53. The second-order valence-corrected chi connectivity index (χ2v) is 5.47. The Hall–Kier alpha value is -1.31. The molecule has 0 fully saturated rings. The maximum absolute atomic E-state index is 11.5. The Kier molecular flexibility index (Phi) is 4.94. The molecule has 100 valence electrons. The molecular weight excluding hydrogens is 280 g/mol. The number of rotatable bonds is 6. The van der Waals surface area contributed by atoms with Crippen LogP contribution in [0, 0.1) is 0 Å². The summed E-state index contributed by atoms with van der Waals surface area (Å²) < 4.78 is 27.6. The third kappa shape index (κ3) is 4.52. The van der Waals surface area contributed by atoms with Crippen molar-refractivity contribution in [2.45, 2.75) is 13.3 Å². The average molecular weight is 293 g/mol. The molecule has 0 aliphatic carbocycles. The number of hydrogen-bond acceptors (Lipinski definition) is 3. The van der Waals surface area contributed by atoms with Gasteiger partial charge in [0.05, 0.1) is 11.3 Å². The molecule has 1 aromatic carbocycles. The highest BCUT2D eigenvalue weighted by atomic mass is 35.5. The monoisotopic (exact) mass is 292 g/mol. The Morgan fingerprint density at radius 3 is 2.61 bits per heavy atom. The molecule has 0 unspecified atom stereocenters. The Balaban J connectivity index is 2.94. The summed E-state index contributed by atoms with van der Waals surface area (Å²) in [5.74, 6) is -1.18. The summed E-state index contributed by atoms with van der Waals surface area (Å²) >= 11 is 5.71. The first kappa shape index (κ1) is 14.7. The summed E-state index contributed by atoms with van der Waals surface area (Å²) in [6.07, 6.45) is 0.650. The van der Waals surface area contributed by atoms with E-state index >= 15 is 0 Å². The molecule has 0 atom stereocenters. The summed E-state index contributed by atoms with van der Waals surface area (Å²) in [6.45, 7) is 2.12.